The van der Waals surface area contributed by atoms with Crippen molar-refractivity contribution >= 4 is 5.91 Å². The Kier molecular flexibility index (Phi) is 4.60. The lowest BCUT2D eigenvalue weighted by atomic mass is 10.4. The molecule has 0 atom stereocenters. The summed E-state index contributed by atoms with van der Waals surface area (Å²) in [7, 11) is 0. The number of ether oxygens (including phenoxy) is 1. The molecule has 2 aliphatic heterocycles. The van der Waals surface area contributed by atoms with Gasteiger partial charge in [-0.25, -0.2) is 0 Å². The second-order valence-electron chi connectivity index (χ2n) is 4.65. The number of rotatable bonds is 6. The molecular weight excluding hydrogens is 204 g/mol. The third-order valence-corrected chi connectivity index (χ3v) is 3.43. The van der Waals surface area contributed by atoms with Crippen molar-refractivity contribution in [3.05, 3.63) is 0 Å². The average molecular weight is 226 g/mol. The Morgan fingerprint density at radius 3 is 2.44 bits per heavy atom. The van der Waals surface area contributed by atoms with Gasteiger partial charge in [0, 0.05) is 26.1 Å². The molecule has 4 heteroatoms. The van der Waals surface area contributed by atoms with Gasteiger partial charge in [0.2, 0.25) is 5.91 Å². The van der Waals surface area contributed by atoms with Gasteiger partial charge in [0.05, 0.1) is 13.2 Å². The highest BCUT2D eigenvalue weighted by Crippen LogP contribution is 2.09. The monoisotopic (exact) mass is 226 g/mol. The first-order valence-corrected chi connectivity index (χ1v) is 6.44. The molecule has 16 heavy (non-hydrogen) atoms. The summed E-state index contributed by atoms with van der Waals surface area (Å²) in [5, 5.41) is 0. The number of hydrogen-bond acceptors (Lipinski definition) is 3. The Balaban J connectivity index is 1.47. The third-order valence-electron chi connectivity index (χ3n) is 3.43. The molecule has 2 saturated heterocycles. The second kappa shape index (κ2) is 6.21. The fourth-order valence-electron chi connectivity index (χ4n) is 2.42. The van der Waals surface area contributed by atoms with Crippen LogP contribution in [0.5, 0.6) is 0 Å². The van der Waals surface area contributed by atoms with Gasteiger partial charge in [0.25, 0.3) is 0 Å². The van der Waals surface area contributed by atoms with E-state index in [4.69, 9.17) is 4.74 Å². The van der Waals surface area contributed by atoms with Crippen molar-refractivity contribution in [1.82, 2.24) is 9.80 Å². The maximum Gasteiger partial charge on any atom is 0.222 e. The Bertz CT molecular complexity index is 227. The van der Waals surface area contributed by atoms with Crippen molar-refractivity contribution in [2.75, 3.05) is 45.9 Å². The van der Waals surface area contributed by atoms with E-state index in [1.165, 1.54) is 25.9 Å². The van der Waals surface area contributed by atoms with Crippen molar-refractivity contribution in [3.8, 4) is 0 Å². The van der Waals surface area contributed by atoms with E-state index in [0.717, 1.165) is 39.1 Å². The van der Waals surface area contributed by atoms with Gasteiger partial charge >= 0.3 is 0 Å². The molecule has 0 N–H and O–H groups in total. The van der Waals surface area contributed by atoms with E-state index in [1.807, 2.05) is 4.90 Å². The molecule has 0 saturated carbocycles. The number of amides is 1. The molecule has 0 aromatic rings. The van der Waals surface area contributed by atoms with Crippen LogP contribution >= 0.6 is 0 Å². The van der Waals surface area contributed by atoms with Gasteiger partial charge in [-0.15, -0.1) is 0 Å². The van der Waals surface area contributed by atoms with Crippen LogP contribution in [0.25, 0.3) is 0 Å². The van der Waals surface area contributed by atoms with Crippen molar-refractivity contribution in [2.24, 2.45) is 0 Å². The molecule has 0 bridgehead atoms. The quantitative estimate of drug-likeness (QED) is 0.626. The summed E-state index contributed by atoms with van der Waals surface area (Å²) in [6.45, 7) is 6.71. The Hall–Kier alpha value is -0.610. The zero-order valence-electron chi connectivity index (χ0n) is 9.99. The number of likely N-dealkylation sites (tertiary alicyclic amines) is 2. The van der Waals surface area contributed by atoms with Gasteiger partial charge in [0.1, 0.15) is 0 Å². The molecule has 0 aromatic heterocycles. The normalized spacial score (nSPS) is 22.2. The van der Waals surface area contributed by atoms with Crippen LogP contribution in [0.1, 0.15) is 25.7 Å². The predicted octanol–water partition coefficient (Wildman–Crippen LogP) is 0.721. The Morgan fingerprint density at radius 2 is 1.75 bits per heavy atom. The van der Waals surface area contributed by atoms with E-state index in [1.54, 1.807) is 0 Å². The lowest BCUT2D eigenvalue weighted by Gasteiger charge is -2.17. The molecule has 2 heterocycles. The van der Waals surface area contributed by atoms with E-state index < -0.39 is 0 Å². The van der Waals surface area contributed by atoms with Crippen LogP contribution < -0.4 is 0 Å². The molecule has 0 radical (unpaired) electrons. The third kappa shape index (κ3) is 3.46. The molecule has 2 rings (SSSR count). The maximum absolute atomic E-state index is 11.3. The van der Waals surface area contributed by atoms with Crippen LogP contribution in [0, 0.1) is 0 Å². The van der Waals surface area contributed by atoms with Gasteiger partial charge in [-0.1, -0.05) is 0 Å². The minimum absolute atomic E-state index is 0.295. The molecule has 0 unspecified atom stereocenters. The molecule has 0 aliphatic carbocycles. The summed E-state index contributed by atoms with van der Waals surface area (Å²) >= 11 is 0. The number of carbonyl (C=O) groups is 1. The van der Waals surface area contributed by atoms with Gasteiger partial charge in [-0.2, -0.15) is 0 Å². The number of nitrogens with zero attached hydrogens (tertiary/aromatic N) is 2. The molecule has 2 fully saturated rings. The summed E-state index contributed by atoms with van der Waals surface area (Å²) in [5.41, 5.74) is 0. The van der Waals surface area contributed by atoms with Gasteiger partial charge in [-0.3, -0.25) is 4.79 Å². The highest BCUT2D eigenvalue weighted by atomic mass is 16.5. The van der Waals surface area contributed by atoms with E-state index in [-0.39, 0.29) is 0 Å². The average Bonchev–Trinajstić information content (AvgIpc) is 2.90. The first-order chi connectivity index (χ1) is 7.86. The lowest BCUT2D eigenvalue weighted by molar-refractivity contribution is -0.128. The standard InChI is InChI=1S/C12H22N2O2/c15-12-4-3-7-14(12)9-11-16-10-8-13-5-1-2-6-13/h1-11H2. The first-order valence-electron chi connectivity index (χ1n) is 6.44. The van der Waals surface area contributed by atoms with Crippen LogP contribution in [0.3, 0.4) is 0 Å². The summed E-state index contributed by atoms with van der Waals surface area (Å²) in [6, 6.07) is 0. The van der Waals surface area contributed by atoms with Crippen LogP contribution in [0.15, 0.2) is 0 Å². The Morgan fingerprint density at radius 1 is 1.00 bits per heavy atom. The van der Waals surface area contributed by atoms with Gasteiger partial charge in [-0.05, 0) is 32.4 Å². The SMILES string of the molecule is O=C1CCCN1CCOCCN1CCCC1. The lowest BCUT2D eigenvalue weighted by Crippen LogP contribution is -2.30. The number of carbonyl (C=O) groups excluding carboxylic acids is 1. The smallest absolute Gasteiger partial charge is 0.222 e. The molecule has 0 spiro atoms. The topological polar surface area (TPSA) is 32.8 Å². The zero-order chi connectivity index (χ0) is 11.2. The van der Waals surface area contributed by atoms with E-state index in [0.29, 0.717) is 12.5 Å². The van der Waals surface area contributed by atoms with E-state index in [2.05, 4.69) is 4.90 Å². The van der Waals surface area contributed by atoms with Gasteiger partial charge < -0.3 is 14.5 Å². The second-order valence-corrected chi connectivity index (χ2v) is 4.65. The van der Waals surface area contributed by atoms with E-state index in [9.17, 15) is 4.79 Å². The minimum atomic E-state index is 0.295. The Labute approximate surface area is 97.5 Å². The van der Waals surface area contributed by atoms with Crippen molar-refractivity contribution in [2.45, 2.75) is 25.7 Å². The molecule has 1 amide bonds. The van der Waals surface area contributed by atoms with Crippen LogP contribution in [-0.4, -0.2) is 61.6 Å². The predicted molar refractivity (Wildman–Crippen MR) is 62.3 cm³/mol. The van der Waals surface area contributed by atoms with Crippen LogP contribution in [-0.2, 0) is 9.53 Å². The van der Waals surface area contributed by atoms with Gasteiger partial charge in [0.15, 0.2) is 0 Å². The summed E-state index contributed by atoms with van der Waals surface area (Å²) < 4.78 is 5.57. The zero-order valence-corrected chi connectivity index (χ0v) is 9.99. The molecular formula is C12H22N2O2. The van der Waals surface area contributed by atoms with E-state index >= 15 is 0 Å². The molecule has 2 aliphatic rings. The fraction of sp³-hybridized carbons (Fsp3) is 0.917. The largest absolute Gasteiger partial charge is 0.378 e. The number of hydrogen-bond donors (Lipinski definition) is 0. The first kappa shape index (κ1) is 11.9. The van der Waals surface area contributed by atoms with Crippen LogP contribution in [0.4, 0.5) is 0 Å². The summed E-state index contributed by atoms with van der Waals surface area (Å²) in [4.78, 5) is 15.7. The van der Waals surface area contributed by atoms with Crippen LogP contribution in [0.2, 0.25) is 0 Å². The molecule has 0 aromatic carbocycles. The summed E-state index contributed by atoms with van der Waals surface area (Å²) in [6.07, 6.45) is 4.42. The molecule has 92 valence electrons. The van der Waals surface area contributed by atoms with Crippen molar-refractivity contribution in [1.29, 1.82) is 0 Å². The fourth-order valence-corrected chi connectivity index (χ4v) is 2.42. The highest BCUT2D eigenvalue weighted by Gasteiger charge is 2.19. The highest BCUT2D eigenvalue weighted by molar-refractivity contribution is 5.77. The molecule has 4 nitrogen and oxygen atoms in total. The summed E-state index contributed by atoms with van der Waals surface area (Å²) in [5.74, 6) is 0.295. The van der Waals surface area contributed by atoms with Crippen molar-refractivity contribution < 1.29 is 9.53 Å². The minimum Gasteiger partial charge on any atom is -0.378 e. The maximum atomic E-state index is 11.3. The van der Waals surface area contributed by atoms with Crippen molar-refractivity contribution in [3.63, 3.8) is 0 Å².